The second-order valence-corrected chi connectivity index (χ2v) is 20.9. The predicted octanol–water partition coefficient (Wildman–Crippen LogP) is 12.1. The van der Waals surface area contributed by atoms with Gasteiger partial charge in [-0.15, -0.1) is 0 Å². The molecule has 68 heavy (non-hydrogen) atoms. The van der Waals surface area contributed by atoms with Crippen LogP contribution in [0, 0.1) is 0 Å². The monoisotopic (exact) mass is 969 g/mol. The normalized spacial score (nSPS) is 21.2. The molecule has 2 aliphatic heterocycles. The van der Waals surface area contributed by atoms with Gasteiger partial charge in [-0.25, -0.2) is 4.79 Å². The van der Waals surface area contributed by atoms with Crippen LogP contribution in [0.2, 0.25) is 0 Å². The van der Waals surface area contributed by atoms with E-state index in [-0.39, 0.29) is 25.5 Å². The number of aliphatic hydroxyl groups is 5. The van der Waals surface area contributed by atoms with Crippen LogP contribution in [0.1, 0.15) is 271 Å². The zero-order chi connectivity index (χ0) is 49.3. The smallest absolute Gasteiger partial charge is 0.409 e. The van der Waals surface area contributed by atoms with Crippen LogP contribution < -0.4 is 5.32 Å². The summed E-state index contributed by atoms with van der Waals surface area (Å²) in [6, 6.07) is -1.02. The van der Waals surface area contributed by atoms with E-state index < -0.39 is 55.0 Å². The maximum Gasteiger partial charge on any atom is 0.409 e. The number of hydrogen-bond acceptors (Lipinski definition) is 10. The molecular formula is C56H108N2O10. The van der Waals surface area contributed by atoms with Gasteiger partial charge < -0.3 is 50.0 Å². The Bertz CT molecular complexity index is 1160. The Balaban J connectivity index is 1.70. The highest BCUT2D eigenvalue weighted by Crippen LogP contribution is 2.25. The van der Waals surface area contributed by atoms with Crippen LogP contribution in [0.3, 0.4) is 0 Å². The molecule has 12 nitrogen and oxygen atoms in total. The number of nitrogens with one attached hydrogen (secondary N) is 1. The van der Waals surface area contributed by atoms with Gasteiger partial charge in [-0.2, -0.15) is 0 Å². The van der Waals surface area contributed by atoms with Crippen molar-refractivity contribution in [1.29, 1.82) is 0 Å². The summed E-state index contributed by atoms with van der Waals surface area (Å²) in [7, 11) is 0. The molecule has 402 valence electrons. The maximum absolute atomic E-state index is 13.2. The van der Waals surface area contributed by atoms with E-state index in [1.54, 1.807) is 4.90 Å². The number of hydrogen-bond donors (Lipinski definition) is 6. The first-order valence-electron chi connectivity index (χ1n) is 29.1. The first-order chi connectivity index (χ1) is 33.2. The quantitative estimate of drug-likeness (QED) is 0.0322. The Kier molecular flexibility index (Phi) is 39.6. The lowest BCUT2D eigenvalue weighted by atomic mass is 9.98. The minimum atomic E-state index is -1.65. The van der Waals surface area contributed by atoms with Gasteiger partial charge in [0.25, 0.3) is 0 Å². The molecule has 12 heteroatoms. The van der Waals surface area contributed by atoms with E-state index in [9.17, 15) is 35.1 Å². The number of aliphatic hydroxyl groups excluding tert-OH is 5. The minimum absolute atomic E-state index is 0.262. The molecule has 0 bridgehead atoms. The van der Waals surface area contributed by atoms with E-state index in [1.807, 2.05) is 0 Å². The molecule has 2 rings (SSSR count). The molecule has 0 aromatic rings. The molecule has 2 heterocycles. The molecular weight excluding hydrogens is 861 g/mol. The topological polar surface area (TPSA) is 178 Å². The number of carbonyl (C=O) groups excluding carboxylic acids is 2. The molecule has 2 amide bonds. The average Bonchev–Trinajstić information content (AvgIpc) is 3.35. The second-order valence-electron chi connectivity index (χ2n) is 20.9. The molecule has 6 N–H and O–H groups in total. The van der Waals surface area contributed by atoms with Gasteiger partial charge in [-0.1, -0.05) is 232 Å². The molecule has 0 saturated carbocycles. The van der Waals surface area contributed by atoms with Crippen molar-refractivity contribution in [3.05, 3.63) is 0 Å². The Morgan fingerprint density at radius 3 is 1.37 bits per heavy atom. The van der Waals surface area contributed by atoms with E-state index in [0.717, 1.165) is 64.2 Å². The fourth-order valence-electron chi connectivity index (χ4n) is 9.92. The second kappa shape index (κ2) is 43.1. The fourth-order valence-corrected chi connectivity index (χ4v) is 9.92. The van der Waals surface area contributed by atoms with Gasteiger partial charge in [0.2, 0.25) is 5.91 Å². The van der Waals surface area contributed by atoms with E-state index >= 15 is 0 Å². The zero-order valence-electron chi connectivity index (χ0n) is 44.0. The van der Waals surface area contributed by atoms with Gasteiger partial charge in [0, 0.05) is 19.5 Å². The number of amides is 2. The third-order valence-corrected chi connectivity index (χ3v) is 14.6. The standard InChI is InChI=1S/C56H108N2O10/c1-3-5-7-9-11-13-15-17-18-19-20-21-22-23-24-25-26-27-29-31-33-35-38-42-50(60)57-47(51(61)48(59)41-37-34-32-30-28-16-14-12-10-8-6-4-2)45-66-55-54(64)53(63)52(62)49(68-55)46-67-56(65)58-43-39-36-40-44-58/h47-49,51-55,59,61-64H,3-46H2,1-2H3,(H,57,60)/t47-,48+,49?,51-,52-,53-,54?,55-/m0/s1. The van der Waals surface area contributed by atoms with Gasteiger partial charge in [-0.05, 0) is 32.1 Å². The summed E-state index contributed by atoms with van der Waals surface area (Å²) in [4.78, 5) is 27.5. The van der Waals surface area contributed by atoms with Crippen molar-refractivity contribution in [3.63, 3.8) is 0 Å². The molecule has 2 fully saturated rings. The summed E-state index contributed by atoms with van der Waals surface area (Å²) in [5.74, 6) is -0.262. The molecule has 0 aromatic carbocycles. The number of piperidine rings is 1. The van der Waals surface area contributed by atoms with Crippen molar-refractivity contribution >= 4 is 12.0 Å². The van der Waals surface area contributed by atoms with Gasteiger partial charge in [0.1, 0.15) is 37.1 Å². The average molecular weight is 969 g/mol. The molecule has 8 atom stereocenters. The van der Waals surface area contributed by atoms with Crippen LogP contribution >= 0.6 is 0 Å². The van der Waals surface area contributed by atoms with Crippen molar-refractivity contribution in [2.45, 2.75) is 320 Å². The van der Waals surface area contributed by atoms with Crippen LogP contribution in [0.25, 0.3) is 0 Å². The SMILES string of the molecule is CCCCCCCCCCCCCCCCCCCCCCCCCC(=O)N[C@@H](CO[C@H]1OC(COC(=O)N2CCCCC2)[C@H](O)[C@H](O)C1O)[C@H](O)[C@H](O)CCCCCCCCCCCCCC. The van der Waals surface area contributed by atoms with Crippen molar-refractivity contribution in [3.8, 4) is 0 Å². The number of nitrogens with zero attached hydrogens (tertiary/aromatic N) is 1. The van der Waals surface area contributed by atoms with Gasteiger partial charge in [0.15, 0.2) is 6.29 Å². The summed E-state index contributed by atoms with van der Waals surface area (Å²) in [6.07, 6.45) is 37.2. The Morgan fingerprint density at radius 2 is 0.941 bits per heavy atom. The predicted molar refractivity (Wildman–Crippen MR) is 276 cm³/mol. The van der Waals surface area contributed by atoms with Crippen molar-refractivity contribution in [1.82, 2.24) is 10.2 Å². The molecule has 0 spiro atoms. The van der Waals surface area contributed by atoms with Crippen molar-refractivity contribution < 1.29 is 49.3 Å². The summed E-state index contributed by atoms with van der Waals surface area (Å²) in [5, 5.41) is 57.5. The lowest BCUT2D eigenvalue weighted by Gasteiger charge is -2.41. The fraction of sp³-hybridized carbons (Fsp3) is 0.964. The highest BCUT2D eigenvalue weighted by Gasteiger charge is 2.45. The minimum Gasteiger partial charge on any atom is -0.447 e. The summed E-state index contributed by atoms with van der Waals surface area (Å²) >= 11 is 0. The largest absolute Gasteiger partial charge is 0.447 e. The Labute approximate surface area is 416 Å². The number of ether oxygens (including phenoxy) is 3. The first-order valence-corrected chi connectivity index (χ1v) is 29.1. The first kappa shape index (κ1) is 62.6. The molecule has 2 saturated heterocycles. The van der Waals surface area contributed by atoms with Crippen LogP contribution in [0.5, 0.6) is 0 Å². The maximum atomic E-state index is 13.2. The third-order valence-electron chi connectivity index (χ3n) is 14.6. The highest BCUT2D eigenvalue weighted by molar-refractivity contribution is 5.76. The third kappa shape index (κ3) is 31.0. The Morgan fingerprint density at radius 1 is 0.544 bits per heavy atom. The summed E-state index contributed by atoms with van der Waals surface area (Å²) in [5.41, 5.74) is 0. The van der Waals surface area contributed by atoms with Crippen LogP contribution in [0.15, 0.2) is 0 Å². The number of likely N-dealkylation sites (tertiary alicyclic amines) is 1. The van der Waals surface area contributed by atoms with E-state index in [2.05, 4.69) is 19.2 Å². The van der Waals surface area contributed by atoms with Crippen LogP contribution in [-0.2, 0) is 19.0 Å². The lowest BCUT2D eigenvalue weighted by molar-refractivity contribution is -0.303. The van der Waals surface area contributed by atoms with Crippen LogP contribution in [-0.4, -0.2) is 118 Å². The van der Waals surface area contributed by atoms with Crippen molar-refractivity contribution in [2.24, 2.45) is 0 Å². The van der Waals surface area contributed by atoms with E-state index in [1.165, 1.54) is 173 Å². The Hall–Kier alpha value is -1.54. The van der Waals surface area contributed by atoms with Crippen molar-refractivity contribution in [2.75, 3.05) is 26.3 Å². The number of unbranched alkanes of at least 4 members (excludes halogenated alkanes) is 33. The number of rotatable bonds is 45. The summed E-state index contributed by atoms with van der Waals surface area (Å²) < 4.78 is 17.1. The van der Waals surface area contributed by atoms with Gasteiger partial charge in [-0.3, -0.25) is 4.79 Å². The summed E-state index contributed by atoms with van der Waals surface area (Å²) in [6.45, 7) is 5.00. The highest BCUT2D eigenvalue weighted by atomic mass is 16.7. The molecule has 0 aromatic heterocycles. The van der Waals surface area contributed by atoms with Gasteiger partial charge >= 0.3 is 6.09 Å². The molecule has 2 unspecified atom stereocenters. The number of carbonyl (C=O) groups is 2. The van der Waals surface area contributed by atoms with Gasteiger partial charge in [0.05, 0.1) is 18.8 Å². The molecule has 2 aliphatic rings. The van der Waals surface area contributed by atoms with E-state index in [0.29, 0.717) is 25.9 Å². The zero-order valence-corrected chi connectivity index (χ0v) is 44.0. The lowest BCUT2D eigenvalue weighted by Crippen LogP contribution is -2.60. The van der Waals surface area contributed by atoms with Crippen LogP contribution in [0.4, 0.5) is 4.79 Å². The van der Waals surface area contributed by atoms with E-state index in [4.69, 9.17) is 14.2 Å². The molecule has 0 radical (unpaired) electrons. The molecule has 0 aliphatic carbocycles.